The third kappa shape index (κ3) is 4.44. The number of hydrogen-bond donors (Lipinski definition) is 2. The van der Waals surface area contributed by atoms with Crippen LogP contribution in [0.5, 0.6) is 0 Å². The maximum atomic E-state index is 12.2. The van der Waals surface area contributed by atoms with Crippen LogP contribution in [0.15, 0.2) is 43.0 Å². The van der Waals surface area contributed by atoms with E-state index in [0.717, 1.165) is 0 Å². The average Bonchev–Trinajstić information content (AvgIpc) is 2.46. The van der Waals surface area contributed by atoms with Gasteiger partial charge >= 0.3 is 12.1 Å². The minimum absolute atomic E-state index is 0.0842. The number of rotatable bonds is 4. The van der Waals surface area contributed by atoms with Crippen molar-refractivity contribution in [2.75, 3.05) is 10.6 Å². The van der Waals surface area contributed by atoms with E-state index in [1.807, 2.05) is 0 Å². The third-order valence-corrected chi connectivity index (χ3v) is 2.50. The van der Waals surface area contributed by atoms with Gasteiger partial charge in [-0.1, -0.05) is 12.1 Å². The molecule has 0 aliphatic rings. The van der Waals surface area contributed by atoms with Gasteiger partial charge in [-0.3, -0.25) is 4.79 Å². The van der Waals surface area contributed by atoms with Gasteiger partial charge in [-0.05, 0) is 17.7 Å². The summed E-state index contributed by atoms with van der Waals surface area (Å²) >= 11 is 0. The highest BCUT2D eigenvalue weighted by atomic mass is 19.4. The van der Waals surface area contributed by atoms with E-state index >= 15 is 0 Å². The molecule has 1 aromatic carbocycles. The number of halogens is 3. The van der Waals surface area contributed by atoms with Crippen LogP contribution in [0.3, 0.4) is 0 Å². The van der Waals surface area contributed by atoms with E-state index in [0.29, 0.717) is 17.8 Å². The largest absolute Gasteiger partial charge is 0.471 e. The van der Waals surface area contributed by atoms with E-state index in [1.165, 1.54) is 18.5 Å². The SMILES string of the molecule is O=C(Nc1cccc(CNc2cncnc2)c1)C(F)(F)F. The van der Waals surface area contributed by atoms with E-state index in [2.05, 4.69) is 15.3 Å². The zero-order valence-corrected chi connectivity index (χ0v) is 10.7. The molecular formula is C13H11F3N4O. The molecule has 0 spiro atoms. The average molecular weight is 296 g/mol. The van der Waals surface area contributed by atoms with Crippen molar-refractivity contribution in [2.45, 2.75) is 12.7 Å². The Balaban J connectivity index is 1.99. The van der Waals surface area contributed by atoms with Crippen LogP contribution in [0.2, 0.25) is 0 Å². The normalized spacial score (nSPS) is 11.0. The molecule has 2 rings (SSSR count). The van der Waals surface area contributed by atoms with Gasteiger partial charge in [-0.2, -0.15) is 13.2 Å². The molecule has 0 fully saturated rings. The summed E-state index contributed by atoms with van der Waals surface area (Å²) in [5, 5.41) is 4.82. The first kappa shape index (κ1) is 14.8. The smallest absolute Gasteiger partial charge is 0.378 e. The van der Waals surface area contributed by atoms with Crippen LogP contribution in [0.4, 0.5) is 24.5 Å². The van der Waals surface area contributed by atoms with E-state index in [-0.39, 0.29) is 5.69 Å². The zero-order valence-electron chi connectivity index (χ0n) is 10.7. The second kappa shape index (κ2) is 6.21. The molecule has 0 radical (unpaired) electrons. The summed E-state index contributed by atoms with van der Waals surface area (Å²) in [6.07, 6.45) is -0.376. The van der Waals surface area contributed by atoms with E-state index in [9.17, 15) is 18.0 Å². The van der Waals surface area contributed by atoms with Gasteiger partial charge < -0.3 is 10.6 Å². The molecular weight excluding hydrogens is 285 g/mol. The first-order chi connectivity index (χ1) is 9.95. The Morgan fingerprint density at radius 1 is 1.14 bits per heavy atom. The van der Waals surface area contributed by atoms with Crippen LogP contribution < -0.4 is 10.6 Å². The molecule has 1 amide bonds. The van der Waals surface area contributed by atoms with Crippen LogP contribution >= 0.6 is 0 Å². The molecule has 0 bridgehead atoms. The van der Waals surface area contributed by atoms with Crippen molar-refractivity contribution in [2.24, 2.45) is 0 Å². The van der Waals surface area contributed by atoms with Crippen LogP contribution in [-0.2, 0) is 11.3 Å². The monoisotopic (exact) mass is 296 g/mol. The van der Waals surface area contributed by atoms with E-state index in [4.69, 9.17) is 0 Å². The van der Waals surface area contributed by atoms with Gasteiger partial charge in [-0.25, -0.2) is 9.97 Å². The van der Waals surface area contributed by atoms with Crippen LogP contribution in [-0.4, -0.2) is 22.1 Å². The number of alkyl halides is 3. The highest BCUT2D eigenvalue weighted by Gasteiger charge is 2.38. The molecule has 0 saturated carbocycles. The lowest BCUT2D eigenvalue weighted by Crippen LogP contribution is -2.29. The summed E-state index contributed by atoms with van der Waals surface area (Å²) in [4.78, 5) is 18.5. The Hall–Kier alpha value is -2.64. The lowest BCUT2D eigenvalue weighted by Gasteiger charge is -2.10. The van der Waals surface area contributed by atoms with Gasteiger partial charge in [0, 0.05) is 12.2 Å². The number of aromatic nitrogens is 2. The summed E-state index contributed by atoms with van der Waals surface area (Å²) in [7, 11) is 0. The highest BCUT2D eigenvalue weighted by Crippen LogP contribution is 2.19. The maximum absolute atomic E-state index is 12.2. The number of carbonyl (C=O) groups excluding carboxylic acids is 1. The summed E-state index contributed by atoms with van der Waals surface area (Å²) in [6, 6.07) is 6.13. The minimum atomic E-state index is -4.91. The molecule has 8 heteroatoms. The van der Waals surface area contributed by atoms with Crippen molar-refractivity contribution in [3.8, 4) is 0 Å². The quantitative estimate of drug-likeness (QED) is 0.910. The number of benzene rings is 1. The van der Waals surface area contributed by atoms with Crippen molar-refractivity contribution in [1.29, 1.82) is 0 Å². The summed E-state index contributed by atoms with van der Waals surface area (Å²) in [5.41, 5.74) is 1.47. The number of hydrogen-bond acceptors (Lipinski definition) is 4. The Morgan fingerprint density at radius 3 is 2.52 bits per heavy atom. The molecule has 0 aliphatic carbocycles. The predicted molar refractivity (Wildman–Crippen MR) is 70.5 cm³/mol. The number of nitrogens with one attached hydrogen (secondary N) is 2. The van der Waals surface area contributed by atoms with Gasteiger partial charge in [0.2, 0.25) is 0 Å². The minimum Gasteiger partial charge on any atom is -0.378 e. The zero-order chi connectivity index (χ0) is 15.3. The van der Waals surface area contributed by atoms with Crippen molar-refractivity contribution in [3.05, 3.63) is 48.5 Å². The van der Waals surface area contributed by atoms with Crippen molar-refractivity contribution >= 4 is 17.3 Å². The molecule has 0 saturated heterocycles. The van der Waals surface area contributed by atoms with Gasteiger partial charge in [-0.15, -0.1) is 0 Å². The number of carbonyl (C=O) groups is 1. The Bertz CT molecular complexity index is 616. The third-order valence-electron chi connectivity index (χ3n) is 2.50. The summed E-state index contributed by atoms with van der Waals surface area (Å²) in [6.45, 7) is 0.364. The van der Waals surface area contributed by atoms with Gasteiger partial charge in [0.05, 0.1) is 18.1 Å². The van der Waals surface area contributed by atoms with Crippen LogP contribution in [0, 0.1) is 0 Å². The molecule has 0 aliphatic heterocycles. The molecule has 110 valence electrons. The second-order valence-corrected chi connectivity index (χ2v) is 4.13. The molecule has 5 nitrogen and oxygen atoms in total. The fourth-order valence-corrected chi connectivity index (χ4v) is 1.56. The molecule has 21 heavy (non-hydrogen) atoms. The molecule has 0 atom stereocenters. The van der Waals surface area contributed by atoms with E-state index < -0.39 is 12.1 Å². The lowest BCUT2D eigenvalue weighted by atomic mass is 10.2. The number of anilines is 2. The van der Waals surface area contributed by atoms with Gasteiger partial charge in [0.1, 0.15) is 6.33 Å². The Kier molecular flexibility index (Phi) is 4.36. The van der Waals surface area contributed by atoms with Crippen LogP contribution in [0.1, 0.15) is 5.56 Å². The van der Waals surface area contributed by atoms with Crippen LogP contribution in [0.25, 0.3) is 0 Å². The van der Waals surface area contributed by atoms with Crippen molar-refractivity contribution in [3.63, 3.8) is 0 Å². The standard InChI is InChI=1S/C13H11F3N4O/c14-13(15,16)12(21)20-10-3-1-2-9(4-10)5-19-11-6-17-8-18-7-11/h1-4,6-8,19H,5H2,(H,20,21). The van der Waals surface area contributed by atoms with Crippen molar-refractivity contribution < 1.29 is 18.0 Å². The van der Waals surface area contributed by atoms with Gasteiger partial charge in [0.25, 0.3) is 0 Å². The lowest BCUT2D eigenvalue weighted by molar-refractivity contribution is -0.167. The number of nitrogens with zero attached hydrogens (tertiary/aromatic N) is 2. The fraction of sp³-hybridized carbons (Fsp3) is 0.154. The molecule has 2 aromatic rings. The highest BCUT2D eigenvalue weighted by molar-refractivity contribution is 5.94. The topological polar surface area (TPSA) is 66.9 Å². The first-order valence-corrected chi connectivity index (χ1v) is 5.91. The number of amides is 1. The van der Waals surface area contributed by atoms with Crippen molar-refractivity contribution in [1.82, 2.24) is 9.97 Å². The van der Waals surface area contributed by atoms with Gasteiger partial charge in [0.15, 0.2) is 0 Å². The predicted octanol–water partition coefficient (Wildman–Crippen LogP) is 2.59. The summed E-state index contributed by atoms with van der Waals surface area (Å²) in [5.74, 6) is -2.00. The van der Waals surface area contributed by atoms with E-state index in [1.54, 1.807) is 29.8 Å². The molecule has 1 heterocycles. The summed E-state index contributed by atoms with van der Waals surface area (Å²) < 4.78 is 36.5. The first-order valence-electron chi connectivity index (χ1n) is 5.91. The fourth-order valence-electron chi connectivity index (χ4n) is 1.56. The maximum Gasteiger partial charge on any atom is 0.471 e. The Labute approximate surface area is 118 Å². The second-order valence-electron chi connectivity index (χ2n) is 4.13. The molecule has 0 unspecified atom stereocenters. The molecule has 2 N–H and O–H groups in total. The Morgan fingerprint density at radius 2 is 1.86 bits per heavy atom. The molecule has 1 aromatic heterocycles.